The zero-order chi connectivity index (χ0) is 21.8. The Morgan fingerprint density at radius 3 is 2.10 bits per heavy atom. The minimum absolute atomic E-state index is 0.270. The highest BCUT2D eigenvalue weighted by molar-refractivity contribution is 7.79. The molecule has 4 N–H and O–H groups in total. The molecule has 0 aliphatic heterocycles. The molecule has 29 heavy (non-hydrogen) atoms. The van der Waals surface area contributed by atoms with Gasteiger partial charge in [0.25, 0.3) is 0 Å². The number of carboxylic acids is 1. The van der Waals surface area contributed by atoms with Crippen molar-refractivity contribution in [2.24, 2.45) is 0 Å². The van der Waals surface area contributed by atoms with Crippen molar-refractivity contribution < 1.29 is 27.4 Å². The van der Waals surface area contributed by atoms with Crippen LogP contribution in [0.4, 0.5) is 10.8 Å². The summed E-state index contributed by atoms with van der Waals surface area (Å²) in [5.74, 6) is -0.927. The number of aromatic nitrogens is 1. The molecular formula is C19H20N2O6S2. The highest BCUT2D eigenvalue weighted by Crippen LogP contribution is 2.32. The predicted molar refractivity (Wildman–Crippen MR) is 113 cm³/mol. The minimum Gasteiger partial charge on any atom is -0.478 e. The first kappa shape index (κ1) is 22.5. The van der Waals surface area contributed by atoms with Crippen LogP contribution in [0, 0.1) is 20.8 Å². The number of carboxylic acid groups (broad SMARTS) is 1. The molecule has 0 saturated heterocycles. The Labute approximate surface area is 172 Å². The van der Waals surface area contributed by atoms with Gasteiger partial charge in [-0.3, -0.25) is 9.11 Å². The zero-order valence-electron chi connectivity index (χ0n) is 15.9. The monoisotopic (exact) mass is 436 g/mol. The van der Waals surface area contributed by atoms with Gasteiger partial charge in [0.2, 0.25) is 0 Å². The van der Waals surface area contributed by atoms with Gasteiger partial charge in [-0.1, -0.05) is 12.1 Å². The van der Waals surface area contributed by atoms with E-state index >= 15 is 0 Å². The maximum atomic E-state index is 10.9. The number of hydrogen-bond donors (Lipinski definition) is 4. The van der Waals surface area contributed by atoms with Crippen molar-refractivity contribution in [2.75, 3.05) is 5.32 Å². The Morgan fingerprint density at radius 2 is 1.59 bits per heavy atom. The smallest absolute Gasteiger partial charge is 0.394 e. The molecular weight excluding hydrogens is 416 g/mol. The van der Waals surface area contributed by atoms with Crippen LogP contribution < -0.4 is 5.32 Å². The first-order valence-corrected chi connectivity index (χ1v) is 10.5. The molecule has 3 rings (SSSR count). The van der Waals surface area contributed by atoms with Crippen molar-refractivity contribution >= 4 is 38.5 Å². The molecule has 10 heteroatoms. The van der Waals surface area contributed by atoms with E-state index in [-0.39, 0.29) is 5.56 Å². The molecule has 0 radical (unpaired) electrons. The van der Waals surface area contributed by atoms with Gasteiger partial charge in [-0.2, -0.15) is 8.42 Å². The van der Waals surface area contributed by atoms with E-state index in [9.17, 15) is 4.79 Å². The predicted octanol–water partition coefficient (Wildman–Crippen LogP) is 4.52. The first-order chi connectivity index (χ1) is 13.4. The molecule has 8 nitrogen and oxygen atoms in total. The van der Waals surface area contributed by atoms with Crippen LogP contribution in [0.5, 0.6) is 0 Å². The van der Waals surface area contributed by atoms with Crippen molar-refractivity contribution in [1.29, 1.82) is 0 Å². The molecule has 0 fully saturated rings. The van der Waals surface area contributed by atoms with Crippen LogP contribution in [0.15, 0.2) is 42.5 Å². The minimum atomic E-state index is -4.67. The van der Waals surface area contributed by atoms with Crippen molar-refractivity contribution in [3.8, 4) is 11.3 Å². The molecule has 0 aliphatic carbocycles. The van der Waals surface area contributed by atoms with Gasteiger partial charge in [-0.05, 0) is 62.2 Å². The van der Waals surface area contributed by atoms with Crippen LogP contribution in [-0.4, -0.2) is 33.6 Å². The SMILES string of the molecule is Cc1ccc(-c2nc(Nc3ccc(C(=O)O)cc3)sc2C)cc1C.O=S(=O)(O)O. The molecule has 1 aromatic heterocycles. The number of carbonyl (C=O) groups is 1. The summed E-state index contributed by atoms with van der Waals surface area (Å²) in [7, 11) is -4.67. The van der Waals surface area contributed by atoms with Gasteiger partial charge >= 0.3 is 16.4 Å². The highest BCUT2D eigenvalue weighted by Gasteiger charge is 2.11. The lowest BCUT2D eigenvalue weighted by Crippen LogP contribution is -1.96. The van der Waals surface area contributed by atoms with Gasteiger partial charge in [0, 0.05) is 16.1 Å². The Morgan fingerprint density at radius 1 is 1.00 bits per heavy atom. The normalized spacial score (nSPS) is 10.8. The van der Waals surface area contributed by atoms with E-state index in [1.165, 1.54) is 11.1 Å². The van der Waals surface area contributed by atoms with Crippen LogP contribution in [-0.2, 0) is 10.4 Å². The summed E-state index contributed by atoms with van der Waals surface area (Å²) in [6.45, 7) is 6.26. The van der Waals surface area contributed by atoms with Gasteiger partial charge in [-0.15, -0.1) is 11.3 Å². The molecule has 154 valence electrons. The molecule has 0 bridgehead atoms. The highest BCUT2D eigenvalue weighted by atomic mass is 32.3. The maximum Gasteiger partial charge on any atom is 0.394 e. The van der Waals surface area contributed by atoms with E-state index < -0.39 is 16.4 Å². The third-order valence-electron chi connectivity index (χ3n) is 3.96. The fourth-order valence-corrected chi connectivity index (χ4v) is 3.28. The number of thiazole rings is 1. The van der Waals surface area contributed by atoms with Gasteiger partial charge in [-0.25, -0.2) is 9.78 Å². The van der Waals surface area contributed by atoms with E-state index in [1.807, 2.05) is 0 Å². The van der Waals surface area contributed by atoms with Crippen LogP contribution in [0.1, 0.15) is 26.4 Å². The summed E-state index contributed by atoms with van der Waals surface area (Å²) in [4.78, 5) is 16.7. The number of benzene rings is 2. The average molecular weight is 437 g/mol. The molecule has 0 spiro atoms. The Hall–Kier alpha value is -2.79. The topological polar surface area (TPSA) is 137 Å². The Balaban J connectivity index is 0.000000537. The molecule has 0 saturated carbocycles. The summed E-state index contributed by atoms with van der Waals surface area (Å²) in [5.41, 5.74) is 5.70. The van der Waals surface area contributed by atoms with Crippen molar-refractivity contribution in [1.82, 2.24) is 4.98 Å². The van der Waals surface area contributed by atoms with Crippen LogP contribution in [0.2, 0.25) is 0 Å². The van der Waals surface area contributed by atoms with Crippen LogP contribution in [0.3, 0.4) is 0 Å². The van der Waals surface area contributed by atoms with Crippen molar-refractivity contribution in [2.45, 2.75) is 20.8 Å². The fourth-order valence-electron chi connectivity index (χ4n) is 2.43. The first-order valence-electron chi connectivity index (χ1n) is 8.29. The number of nitrogens with zero attached hydrogens (tertiary/aromatic N) is 1. The van der Waals surface area contributed by atoms with E-state index in [4.69, 9.17) is 27.6 Å². The molecule has 0 atom stereocenters. The molecule has 0 aliphatic rings. The Kier molecular flexibility index (Phi) is 7.09. The van der Waals surface area contributed by atoms with Crippen LogP contribution in [0.25, 0.3) is 11.3 Å². The summed E-state index contributed by atoms with van der Waals surface area (Å²) < 4.78 is 31.6. The summed E-state index contributed by atoms with van der Waals surface area (Å²) in [5, 5.41) is 13.0. The number of aryl methyl sites for hydroxylation is 3. The van der Waals surface area contributed by atoms with Crippen LogP contribution >= 0.6 is 11.3 Å². The second kappa shape index (κ2) is 9.14. The Bertz CT molecular complexity index is 1110. The van der Waals surface area contributed by atoms with Gasteiger partial charge in [0.1, 0.15) is 0 Å². The number of aromatic carboxylic acids is 1. The second-order valence-electron chi connectivity index (χ2n) is 6.18. The van der Waals surface area contributed by atoms with E-state index in [0.717, 1.165) is 27.0 Å². The fraction of sp³-hybridized carbons (Fsp3) is 0.158. The summed E-state index contributed by atoms with van der Waals surface area (Å²) in [6.07, 6.45) is 0. The lowest BCUT2D eigenvalue weighted by molar-refractivity contribution is 0.0697. The largest absolute Gasteiger partial charge is 0.478 e. The number of rotatable bonds is 4. The maximum absolute atomic E-state index is 10.9. The molecule has 3 aromatic rings. The zero-order valence-corrected chi connectivity index (χ0v) is 17.5. The lowest BCUT2D eigenvalue weighted by Gasteiger charge is -2.04. The quantitative estimate of drug-likeness (QED) is 0.438. The van der Waals surface area contributed by atoms with E-state index in [2.05, 4.69) is 44.3 Å². The van der Waals surface area contributed by atoms with Crippen molar-refractivity contribution in [3.63, 3.8) is 0 Å². The number of anilines is 2. The summed E-state index contributed by atoms with van der Waals surface area (Å²) in [6, 6.07) is 13.0. The third kappa shape index (κ3) is 6.95. The average Bonchev–Trinajstić information content (AvgIpc) is 2.96. The second-order valence-corrected chi connectivity index (χ2v) is 8.28. The number of nitrogens with one attached hydrogen (secondary N) is 1. The van der Waals surface area contributed by atoms with Gasteiger partial charge < -0.3 is 10.4 Å². The lowest BCUT2D eigenvalue weighted by atomic mass is 10.0. The molecule has 2 aromatic carbocycles. The van der Waals surface area contributed by atoms with E-state index in [0.29, 0.717) is 0 Å². The van der Waals surface area contributed by atoms with Gasteiger partial charge in [0.05, 0.1) is 11.3 Å². The standard InChI is InChI=1S/C19H18N2O2S.H2O4S/c1-11-4-5-15(10-12(11)2)17-13(3)24-19(21-17)20-16-8-6-14(7-9-16)18(22)23;1-5(2,3)4/h4-10H,1-3H3,(H,20,21)(H,22,23);(H2,1,2,3,4). The molecule has 0 amide bonds. The number of hydrogen-bond acceptors (Lipinski definition) is 6. The molecule has 0 unspecified atom stereocenters. The third-order valence-corrected chi connectivity index (χ3v) is 4.85. The molecule has 1 heterocycles. The van der Waals surface area contributed by atoms with E-state index in [1.54, 1.807) is 35.6 Å². The summed E-state index contributed by atoms with van der Waals surface area (Å²) >= 11 is 1.59. The van der Waals surface area contributed by atoms with Crippen molar-refractivity contribution in [3.05, 3.63) is 64.0 Å². The van der Waals surface area contributed by atoms with Gasteiger partial charge in [0.15, 0.2) is 5.13 Å².